The van der Waals surface area contributed by atoms with Gasteiger partial charge in [0.05, 0.1) is 40.0 Å². The first-order valence-corrected chi connectivity index (χ1v) is 18.0. The van der Waals surface area contributed by atoms with E-state index in [1.54, 1.807) is 0 Å². The molecule has 7 aromatic carbocycles. The molecule has 0 aliphatic heterocycles. The molecule has 0 bridgehead atoms. The lowest BCUT2D eigenvalue weighted by Gasteiger charge is -2.35. The summed E-state index contributed by atoms with van der Waals surface area (Å²) in [5, 5.41) is 27.5. The lowest BCUT2D eigenvalue weighted by atomic mass is 10.0. The van der Waals surface area contributed by atoms with Crippen LogP contribution in [-0.2, 0) is 0 Å². The molecule has 0 amide bonds. The number of aromatic nitrogens is 1. The average molecular weight is 628 g/mol. The number of nitrogens with zero attached hydrogens (tertiary/aromatic N) is 3. The molecule has 0 aliphatic rings. The van der Waals surface area contributed by atoms with Crippen molar-refractivity contribution in [1.29, 1.82) is 10.5 Å². The van der Waals surface area contributed by atoms with Crippen LogP contribution in [0.1, 0.15) is 11.1 Å². The van der Waals surface area contributed by atoms with Crippen LogP contribution in [0.25, 0.3) is 38.6 Å². The van der Waals surface area contributed by atoms with Gasteiger partial charge in [-0.15, -0.1) is 0 Å². The number of hydrogen-bond donors (Lipinski definition) is 0. The summed E-state index contributed by atoms with van der Waals surface area (Å²) in [4.78, 5) is 0. The van der Waals surface area contributed by atoms with E-state index in [2.05, 4.69) is 174 Å². The normalized spacial score (nSPS) is 11.3. The van der Waals surface area contributed by atoms with E-state index >= 15 is 0 Å². The van der Waals surface area contributed by atoms with Gasteiger partial charge < -0.3 is 4.57 Å². The predicted molar refractivity (Wildman–Crippen MR) is 199 cm³/mol. The second-order valence-corrected chi connectivity index (χ2v) is 15.7. The Labute approximate surface area is 280 Å². The molecule has 0 saturated carbocycles. The van der Waals surface area contributed by atoms with Gasteiger partial charge in [-0.25, -0.2) is 0 Å². The first-order valence-electron chi connectivity index (χ1n) is 16.0. The zero-order valence-electron chi connectivity index (χ0n) is 26.1. The summed E-state index contributed by atoms with van der Waals surface area (Å²) in [6.45, 7) is 0. The van der Waals surface area contributed by atoms with Crippen molar-refractivity contribution in [3.8, 4) is 29.0 Å². The monoisotopic (exact) mass is 627 g/mol. The van der Waals surface area contributed by atoms with Crippen LogP contribution >= 0.6 is 0 Å². The van der Waals surface area contributed by atoms with Gasteiger partial charge in [0.1, 0.15) is 0 Å². The molecule has 0 N–H and O–H groups in total. The standard InChI is InChI=1S/C44H29N3Si/c45-30-32-24-27-40-39-21-11-13-23-42(39)47(43(40)28-32)41-22-12-10-20-38(41)33-25-26-34(31-46)44(29-33)48(35-14-4-1-5-15-35,36-16-6-2-7-17-36)37-18-8-3-9-19-37/h1-29H. The van der Waals surface area contributed by atoms with Crippen LogP contribution < -0.4 is 20.7 Å². The third kappa shape index (κ3) is 4.55. The summed E-state index contributed by atoms with van der Waals surface area (Å²) in [6, 6.07) is 66.1. The van der Waals surface area contributed by atoms with Crippen LogP contribution in [0.15, 0.2) is 176 Å². The third-order valence-corrected chi connectivity index (χ3v) is 14.2. The summed E-state index contributed by atoms with van der Waals surface area (Å²) in [5.74, 6) is 0. The first kappa shape index (κ1) is 29.0. The number of para-hydroxylation sites is 2. The molecule has 8 aromatic rings. The fourth-order valence-corrected chi connectivity index (χ4v) is 12.3. The molecule has 3 nitrogen and oxygen atoms in total. The Morgan fingerprint density at radius 1 is 0.458 bits per heavy atom. The Kier molecular flexibility index (Phi) is 7.27. The van der Waals surface area contributed by atoms with E-state index in [0.29, 0.717) is 11.1 Å². The zero-order chi connectivity index (χ0) is 32.5. The number of nitriles is 2. The Bertz CT molecular complexity index is 2430. The Morgan fingerprint density at radius 2 is 1.02 bits per heavy atom. The molecule has 1 aromatic heterocycles. The van der Waals surface area contributed by atoms with Crippen molar-refractivity contribution < 1.29 is 0 Å². The molecule has 0 aliphatic carbocycles. The molecule has 0 saturated heterocycles. The second kappa shape index (κ2) is 12.0. The maximum Gasteiger partial charge on any atom is 0.180 e. The van der Waals surface area contributed by atoms with Crippen molar-refractivity contribution in [2.45, 2.75) is 0 Å². The molecule has 0 unspecified atom stereocenters. The zero-order valence-corrected chi connectivity index (χ0v) is 27.1. The number of benzene rings is 7. The minimum absolute atomic E-state index is 0.620. The lowest BCUT2D eigenvalue weighted by molar-refractivity contribution is 1.18. The van der Waals surface area contributed by atoms with Gasteiger partial charge in [0, 0.05) is 16.3 Å². The van der Waals surface area contributed by atoms with Crippen LogP contribution in [0.2, 0.25) is 0 Å². The van der Waals surface area contributed by atoms with Crippen molar-refractivity contribution in [2.75, 3.05) is 0 Å². The van der Waals surface area contributed by atoms with Gasteiger partial charge in [-0.05, 0) is 56.6 Å². The largest absolute Gasteiger partial charge is 0.309 e. The number of rotatable bonds is 6. The molecule has 0 atom stereocenters. The highest BCUT2D eigenvalue weighted by Crippen LogP contribution is 2.36. The van der Waals surface area contributed by atoms with Gasteiger partial charge in [0.2, 0.25) is 0 Å². The van der Waals surface area contributed by atoms with Crippen molar-refractivity contribution in [3.63, 3.8) is 0 Å². The third-order valence-electron chi connectivity index (χ3n) is 9.42. The van der Waals surface area contributed by atoms with E-state index < -0.39 is 8.07 Å². The highest BCUT2D eigenvalue weighted by molar-refractivity contribution is 7.20. The Morgan fingerprint density at radius 3 is 1.65 bits per heavy atom. The first-order chi connectivity index (χ1) is 23.7. The van der Waals surface area contributed by atoms with E-state index in [1.165, 1.54) is 15.6 Å². The van der Waals surface area contributed by atoms with Crippen LogP contribution in [0.4, 0.5) is 0 Å². The summed E-state index contributed by atoms with van der Waals surface area (Å²) < 4.78 is 2.27. The van der Waals surface area contributed by atoms with E-state index in [0.717, 1.165) is 43.8 Å². The highest BCUT2D eigenvalue weighted by Gasteiger charge is 2.43. The molecule has 0 spiro atoms. The molecule has 1 heterocycles. The number of hydrogen-bond acceptors (Lipinski definition) is 2. The van der Waals surface area contributed by atoms with Gasteiger partial charge >= 0.3 is 0 Å². The fourth-order valence-electron chi connectivity index (χ4n) is 7.36. The molecular weight excluding hydrogens is 599 g/mol. The maximum atomic E-state index is 10.7. The molecule has 4 heteroatoms. The van der Waals surface area contributed by atoms with Crippen LogP contribution in [0.3, 0.4) is 0 Å². The van der Waals surface area contributed by atoms with Crippen molar-refractivity contribution >= 4 is 50.6 Å². The Balaban J connectivity index is 1.46. The molecular formula is C44H29N3Si. The maximum absolute atomic E-state index is 10.7. The van der Waals surface area contributed by atoms with Gasteiger partial charge in [-0.3, -0.25) is 0 Å². The molecule has 48 heavy (non-hydrogen) atoms. The molecule has 0 fully saturated rings. The van der Waals surface area contributed by atoms with E-state index in [4.69, 9.17) is 0 Å². The summed E-state index contributed by atoms with van der Waals surface area (Å²) in [6.07, 6.45) is 0. The summed E-state index contributed by atoms with van der Waals surface area (Å²) in [5.41, 5.74) is 6.44. The second-order valence-electron chi connectivity index (χ2n) is 11.9. The SMILES string of the molecule is N#Cc1ccc2c3ccccc3n(-c3ccccc3-c3ccc(C#N)c([Si](c4ccccc4)(c4ccccc4)c4ccccc4)c3)c2c1. The summed E-state index contributed by atoms with van der Waals surface area (Å²) in [7, 11) is -2.98. The quantitative estimate of drug-likeness (QED) is 0.141. The minimum Gasteiger partial charge on any atom is -0.309 e. The van der Waals surface area contributed by atoms with Gasteiger partial charge in [-0.2, -0.15) is 10.5 Å². The molecule has 8 rings (SSSR count). The fraction of sp³-hybridized carbons (Fsp3) is 0. The van der Waals surface area contributed by atoms with E-state index in [-0.39, 0.29) is 0 Å². The smallest absolute Gasteiger partial charge is 0.180 e. The molecule has 224 valence electrons. The van der Waals surface area contributed by atoms with Crippen molar-refractivity contribution in [3.05, 3.63) is 187 Å². The van der Waals surface area contributed by atoms with Crippen LogP contribution in [-0.4, -0.2) is 12.6 Å². The van der Waals surface area contributed by atoms with E-state index in [9.17, 15) is 10.5 Å². The van der Waals surface area contributed by atoms with Gasteiger partial charge in [0.15, 0.2) is 8.07 Å². The van der Waals surface area contributed by atoms with Gasteiger partial charge in [0.25, 0.3) is 0 Å². The van der Waals surface area contributed by atoms with Crippen LogP contribution in [0, 0.1) is 22.7 Å². The minimum atomic E-state index is -2.98. The highest BCUT2D eigenvalue weighted by atomic mass is 28.3. The average Bonchev–Trinajstić information content (AvgIpc) is 3.50. The van der Waals surface area contributed by atoms with Gasteiger partial charge in [-0.1, -0.05) is 146 Å². The topological polar surface area (TPSA) is 52.5 Å². The Hall–Kier alpha value is -6.46. The molecule has 0 radical (unpaired) electrons. The van der Waals surface area contributed by atoms with Crippen LogP contribution in [0.5, 0.6) is 0 Å². The van der Waals surface area contributed by atoms with E-state index in [1.807, 2.05) is 18.2 Å². The van der Waals surface area contributed by atoms with Crippen molar-refractivity contribution in [2.24, 2.45) is 0 Å². The summed E-state index contributed by atoms with van der Waals surface area (Å²) >= 11 is 0. The number of fused-ring (bicyclic) bond motifs is 3. The van der Waals surface area contributed by atoms with Crippen molar-refractivity contribution in [1.82, 2.24) is 4.57 Å². The lowest BCUT2D eigenvalue weighted by Crippen LogP contribution is -2.75. The predicted octanol–water partition coefficient (Wildman–Crippen LogP) is 7.57.